The quantitative estimate of drug-likeness (QED) is 0.545. The van der Waals surface area contributed by atoms with Crippen LogP contribution in [0.5, 0.6) is 0 Å². The van der Waals surface area contributed by atoms with Gasteiger partial charge in [-0.25, -0.2) is 26.0 Å². The molecule has 2 heterocycles. The van der Waals surface area contributed by atoms with Crippen molar-refractivity contribution >= 4 is 21.6 Å². The molecule has 2 aromatic carbocycles. The van der Waals surface area contributed by atoms with Crippen molar-refractivity contribution in [2.45, 2.75) is 36.3 Å². The lowest BCUT2D eigenvalue weighted by atomic mass is 9.79. The van der Waals surface area contributed by atoms with E-state index in [1.807, 2.05) is 0 Å². The molecule has 2 bridgehead atoms. The number of fused-ring (bicyclic) bond motifs is 3. The van der Waals surface area contributed by atoms with Gasteiger partial charge in [-0.3, -0.25) is 4.79 Å². The third-order valence-corrected chi connectivity index (χ3v) is 7.71. The normalized spacial score (nSPS) is 23.7. The van der Waals surface area contributed by atoms with E-state index in [0.29, 0.717) is 25.0 Å². The molecule has 3 fully saturated rings. The van der Waals surface area contributed by atoms with Crippen molar-refractivity contribution in [2.75, 3.05) is 11.9 Å². The van der Waals surface area contributed by atoms with Gasteiger partial charge < -0.3 is 10.4 Å². The molecular formula is C20H18F4N2O4S. The lowest BCUT2D eigenvalue weighted by Gasteiger charge is -2.46. The number of rotatable bonds is 4. The Balaban J connectivity index is 1.62. The molecule has 1 aliphatic carbocycles. The number of amides is 1. The molecule has 11 heteroatoms. The summed E-state index contributed by atoms with van der Waals surface area (Å²) in [6.07, 6.45) is 0.870. The Morgan fingerprint density at radius 1 is 1.03 bits per heavy atom. The molecule has 6 nitrogen and oxygen atoms in total. The van der Waals surface area contributed by atoms with Gasteiger partial charge in [0, 0.05) is 36.0 Å². The van der Waals surface area contributed by atoms with E-state index in [9.17, 15) is 35.9 Å². The van der Waals surface area contributed by atoms with E-state index in [1.54, 1.807) is 0 Å². The van der Waals surface area contributed by atoms with E-state index >= 15 is 0 Å². The number of nitrogens with zero attached hydrogens (tertiary/aromatic N) is 1. The Hall–Kier alpha value is -2.50. The van der Waals surface area contributed by atoms with E-state index in [-0.39, 0.29) is 24.4 Å². The predicted octanol–water partition coefficient (Wildman–Crippen LogP) is 3.03. The third-order valence-electron chi connectivity index (χ3n) is 5.77. The molecule has 166 valence electrons. The number of hydrogen-bond donors (Lipinski definition) is 2. The lowest BCUT2D eigenvalue weighted by Crippen LogP contribution is -2.56. The standard InChI is InChI=1S/C20H18F4N2O4S/c21-14-4-2-10(20(28)25-12-6-15(22)19(24)16(23)7-12)5-18(14)31(29,30)26-9-11-1-3-13(26)8-17(11)27/h2,4-7,11,13,17,27H,1,3,8-9H2,(H,25,28)/t11-,13-,17?/m1/s1. The fraction of sp³-hybridized carbons (Fsp3) is 0.350. The van der Waals surface area contributed by atoms with E-state index in [2.05, 4.69) is 5.32 Å². The Bertz CT molecular complexity index is 1130. The van der Waals surface area contributed by atoms with Crippen molar-refractivity contribution in [3.05, 3.63) is 59.2 Å². The van der Waals surface area contributed by atoms with E-state index < -0.39 is 61.9 Å². The van der Waals surface area contributed by atoms with Crippen LogP contribution >= 0.6 is 0 Å². The zero-order valence-electron chi connectivity index (χ0n) is 16.0. The van der Waals surface area contributed by atoms with Gasteiger partial charge in [0.1, 0.15) is 10.7 Å². The monoisotopic (exact) mass is 458 g/mol. The maximum Gasteiger partial charge on any atom is 0.255 e. The minimum absolute atomic E-state index is 0.0537. The van der Waals surface area contributed by atoms with Crippen molar-refractivity contribution < 1.29 is 35.9 Å². The fourth-order valence-electron chi connectivity index (χ4n) is 4.14. The SMILES string of the molecule is O=C(Nc1cc(F)c(F)c(F)c1)c1ccc(F)c(S(=O)(=O)N2C[C@H]3CC[C@@H]2CC3O)c1. The molecule has 1 amide bonds. The lowest BCUT2D eigenvalue weighted by molar-refractivity contribution is -0.0148. The molecule has 0 spiro atoms. The van der Waals surface area contributed by atoms with Crippen molar-refractivity contribution in [3.8, 4) is 0 Å². The van der Waals surface area contributed by atoms with E-state index in [1.165, 1.54) is 0 Å². The summed E-state index contributed by atoms with van der Waals surface area (Å²) in [5.74, 6) is -6.98. The Morgan fingerprint density at radius 2 is 1.71 bits per heavy atom. The first-order chi connectivity index (χ1) is 14.6. The van der Waals surface area contributed by atoms with E-state index in [4.69, 9.17) is 0 Å². The largest absolute Gasteiger partial charge is 0.393 e. The summed E-state index contributed by atoms with van der Waals surface area (Å²) in [7, 11) is -4.30. The van der Waals surface area contributed by atoms with Gasteiger partial charge >= 0.3 is 0 Å². The molecule has 1 saturated carbocycles. The topological polar surface area (TPSA) is 86.7 Å². The maximum atomic E-state index is 14.5. The summed E-state index contributed by atoms with van der Waals surface area (Å²) in [4.78, 5) is 11.7. The van der Waals surface area contributed by atoms with Crippen molar-refractivity contribution in [2.24, 2.45) is 5.92 Å². The average molecular weight is 458 g/mol. The van der Waals surface area contributed by atoms with E-state index in [0.717, 1.165) is 22.5 Å². The van der Waals surface area contributed by atoms with Crippen LogP contribution in [0, 0.1) is 29.2 Å². The predicted molar refractivity (Wildman–Crippen MR) is 102 cm³/mol. The van der Waals surface area contributed by atoms with Gasteiger partial charge in [-0.1, -0.05) is 0 Å². The summed E-state index contributed by atoms with van der Waals surface area (Å²) in [6.45, 7) is 0.0537. The summed E-state index contributed by atoms with van der Waals surface area (Å²) >= 11 is 0. The molecule has 2 N–H and O–H groups in total. The van der Waals surface area contributed by atoms with Crippen LogP contribution in [-0.2, 0) is 10.0 Å². The van der Waals surface area contributed by atoms with Crippen LogP contribution in [0.2, 0.25) is 0 Å². The van der Waals surface area contributed by atoms with Crippen LogP contribution in [0.25, 0.3) is 0 Å². The Kier molecular flexibility index (Phi) is 5.52. The number of aliphatic hydroxyl groups is 1. The molecular weight excluding hydrogens is 440 g/mol. The Labute approximate surface area is 175 Å². The van der Waals surface area contributed by atoms with Gasteiger partial charge in [-0.2, -0.15) is 4.31 Å². The molecule has 3 aliphatic rings. The zero-order chi connectivity index (χ0) is 22.5. The second kappa shape index (κ2) is 7.88. The number of hydrogen-bond acceptors (Lipinski definition) is 4. The van der Waals surface area contributed by atoms with Crippen molar-refractivity contribution in [1.82, 2.24) is 4.31 Å². The molecule has 5 rings (SSSR count). The number of piperidine rings is 2. The van der Waals surface area contributed by atoms with Gasteiger partial charge in [0.05, 0.1) is 6.10 Å². The van der Waals surface area contributed by atoms with Crippen LogP contribution in [0.15, 0.2) is 35.2 Å². The summed E-state index contributed by atoms with van der Waals surface area (Å²) in [5, 5.41) is 12.1. The molecule has 0 radical (unpaired) electrons. The Morgan fingerprint density at radius 3 is 2.29 bits per heavy atom. The maximum absolute atomic E-state index is 14.5. The second-order valence-electron chi connectivity index (χ2n) is 7.72. The fourth-order valence-corrected chi connectivity index (χ4v) is 5.95. The number of aliphatic hydroxyl groups excluding tert-OH is 1. The van der Waals surface area contributed by atoms with Crippen LogP contribution in [-0.4, -0.2) is 42.4 Å². The third kappa shape index (κ3) is 3.92. The zero-order valence-corrected chi connectivity index (χ0v) is 16.8. The van der Waals surface area contributed by atoms with Gasteiger partial charge in [0.25, 0.3) is 5.91 Å². The highest BCUT2D eigenvalue weighted by molar-refractivity contribution is 7.89. The first kappa shape index (κ1) is 21.7. The second-order valence-corrected chi connectivity index (χ2v) is 9.58. The number of carbonyl (C=O) groups is 1. The molecule has 0 aromatic heterocycles. The molecule has 2 aromatic rings. The van der Waals surface area contributed by atoms with Crippen molar-refractivity contribution in [3.63, 3.8) is 0 Å². The minimum Gasteiger partial charge on any atom is -0.393 e. The van der Waals surface area contributed by atoms with Gasteiger partial charge in [-0.05, 0) is 43.4 Å². The molecule has 2 aliphatic heterocycles. The van der Waals surface area contributed by atoms with Crippen molar-refractivity contribution in [1.29, 1.82) is 0 Å². The van der Waals surface area contributed by atoms with Crippen LogP contribution in [0.3, 0.4) is 0 Å². The summed E-state index contributed by atoms with van der Waals surface area (Å²) in [6, 6.07) is 3.33. The van der Waals surface area contributed by atoms with Gasteiger partial charge in [-0.15, -0.1) is 0 Å². The van der Waals surface area contributed by atoms with Gasteiger partial charge in [0.15, 0.2) is 17.5 Å². The number of nitrogens with one attached hydrogen (secondary N) is 1. The highest BCUT2D eigenvalue weighted by Crippen LogP contribution is 2.38. The smallest absolute Gasteiger partial charge is 0.255 e. The average Bonchev–Trinajstić information content (AvgIpc) is 2.72. The highest BCUT2D eigenvalue weighted by atomic mass is 32.2. The van der Waals surface area contributed by atoms with Crippen LogP contribution in [0.4, 0.5) is 23.2 Å². The highest BCUT2D eigenvalue weighted by Gasteiger charge is 2.45. The number of sulfonamides is 1. The first-order valence-electron chi connectivity index (χ1n) is 9.53. The molecule has 31 heavy (non-hydrogen) atoms. The van der Waals surface area contributed by atoms with Crippen LogP contribution < -0.4 is 5.32 Å². The summed E-state index contributed by atoms with van der Waals surface area (Å²) in [5.41, 5.74) is -0.662. The minimum atomic E-state index is -4.30. The molecule has 2 saturated heterocycles. The number of benzene rings is 2. The van der Waals surface area contributed by atoms with Crippen LogP contribution in [0.1, 0.15) is 29.6 Å². The van der Waals surface area contributed by atoms with Gasteiger partial charge in [0.2, 0.25) is 10.0 Å². The molecule has 1 unspecified atom stereocenters. The summed E-state index contributed by atoms with van der Waals surface area (Å²) < 4.78 is 81.6. The molecule has 3 atom stereocenters. The number of anilines is 1. The number of halogens is 4. The number of carbonyl (C=O) groups excluding carboxylic acids is 1. The first-order valence-corrected chi connectivity index (χ1v) is 11.0.